The molecule has 1 aromatic rings. The van der Waals surface area contributed by atoms with Crippen LogP contribution in [-0.4, -0.2) is 26.1 Å². The molecule has 0 aliphatic carbocycles. The van der Waals surface area contributed by atoms with Crippen molar-refractivity contribution >= 4 is 17.5 Å². The fourth-order valence-electron chi connectivity index (χ4n) is 2.10. The number of hydrogen-bond acceptors (Lipinski definition) is 3. The largest absolute Gasteiger partial charge is 0.496 e. The summed E-state index contributed by atoms with van der Waals surface area (Å²) in [6.07, 6.45) is 0.894. The average Bonchev–Trinajstić information content (AvgIpc) is 2.90. The Morgan fingerprint density at radius 1 is 1.61 bits per heavy atom. The van der Waals surface area contributed by atoms with Crippen molar-refractivity contribution < 1.29 is 9.53 Å². The Bertz CT molecular complexity index is 431. The first kappa shape index (κ1) is 13.2. The highest BCUT2D eigenvalue weighted by Gasteiger charge is 2.22. The standard InChI is InChI=1S/C13H17ClN2O2/c1-18-12-4-2-3-11(14)10(12)8-16-13(17)9-5-6-15-7-9/h2-4,9,15H,5-8H2,1H3,(H,16,17). The van der Waals surface area contributed by atoms with Crippen LogP contribution in [-0.2, 0) is 11.3 Å². The van der Waals surface area contributed by atoms with Crippen molar-refractivity contribution in [2.75, 3.05) is 20.2 Å². The molecule has 1 heterocycles. The quantitative estimate of drug-likeness (QED) is 0.872. The highest BCUT2D eigenvalue weighted by Crippen LogP contribution is 2.26. The number of ether oxygens (including phenoxy) is 1. The van der Waals surface area contributed by atoms with Crippen LogP contribution in [0.1, 0.15) is 12.0 Å². The number of hydrogen-bond donors (Lipinski definition) is 2. The van der Waals surface area contributed by atoms with Gasteiger partial charge in [-0.05, 0) is 25.1 Å². The summed E-state index contributed by atoms with van der Waals surface area (Å²) in [7, 11) is 1.60. The number of rotatable bonds is 4. The number of carbonyl (C=O) groups excluding carboxylic acids is 1. The van der Waals surface area contributed by atoms with Crippen molar-refractivity contribution in [3.8, 4) is 5.75 Å². The van der Waals surface area contributed by atoms with Crippen molar-refractivity contribution in [3.05, 3.63) is 28.8 Å². The third kappa shape index (κ3) is 2.94. The molecule has 1 aliphatic rings. The summed E-state index contributed by atoms with van der Waals surface area (Å²) in [6.45, 7) is 2.07. The lowest BCUT2D eigenvalue weighted by molar-refractivity contribution is -0.124. The maximum atomic E-state index is 11.9. The van der Waals surface area contributed by atoms with E-state index in [0.717, 1.165) is 25.1 Å². The number of methoxy groups -OCH3 is 1. The van der Waals surface area contributed by atoms with E-state index in [-0.39, 0.29) is 11.8 Å². The Kier molecular flexibility index (Phi) is 4.44. The van der Waals surface area contributed by atoms with E-state index in [0.29, 0.717) is 17.3 Å². The van der Waals surface area contributed by atoms with Crippen LogP contribution < -0.4 is 15.4 Å². The number of carbonyl (C=O) groups is 1. The molecule has 0 aromatic heterocycles. The van der Waals surface area contributed by atoms with Crippen molar-refractivity contribution in [1.82, 2.24) is 10.6 Å². The second-order valence-corrected chi connectivity index (χ2v) is 4.74. The Labute approximate surface area is 112 Å². The minimum atomic E-state index is 0.0680. The van der Waals surface area contributed by atoms with Gasteiger partial charge in [0.25, 0.3) is 0 Å². The summed E-state index contributed by atoms with van der Waals surface area (Å²) in [4.78, 5) is 11.9. The minimum absolute atomic E-state index is 0.0680. The van der Waals surface area contributed by atoms with E-state index in [1.807, 2.05) is 12.1 Å². The Morgan fingerprint density at radius 3 is 3.11 bits per heavy atom. The van der Waals surface area contributed by atoms with Crippen LogP contribution in [0.3, 0.4) is 0 Å². The van der Waals surface area contributed by atoms with Crippen molar-refractivity contribution in [1.29, 1.82) is 0 Å². The zero-order valence-electron chi connectivity index (χ0n) is 10.3. The molecule has 0 bridgehead atoms. The van der Waals surface area contributed by atoms with Crippen molar-refractivity contribution in [2.24, 2.45) is 5.92 Å². The molecular weight excluding hydrogens is 252 g/mol. The summed E-state index contributed by atoms with van der Waals surface area (Å²) in [6, 6.07) is 5.46. The van der Waals surface area contributed by atoms with Gasteiger partial charge in [-0.15, -0.1) is 0 Å². The maximum Gasteiger partial charge on any atom is 0.224 e. The molecular formula is C13H17ClN2O2. The summed E-state index contributed by atoms with van der Waals surface area (Å²) in [5, 5.41) is 6.70. The van der Waals surface area contributed by atoms with Crippen LogP contribution >= 0.6 is 11.6 Å². The van der Waals surface area contributed by atoms with Crippen LogP contribution in [0.2, 0.25) is 5.02 Å². The SMILES string of the molecule is COc1cccc(Cl)c1CNC(=O)C1CCNC1. The molecule has 1 saturated heterocycles. The molecule has 18 heavy (non-hydrogen) atoms. The van der Waals surface area contributed by atoms with Crippen LogP contribution in [0.25, 0.3) is 0 Å². The van der Waals surface area contributed by atoms with E-state index >= 15 is 0 Å². The molecule has 1 atom stereocenters. The fraction of sp³-hybridized carbons (Fsp3) is 0.462. The Balaban J connectivity index is 1.99. The number of amides is 1. The van der Waals surface area contributed by atoms with E-state index < -0.39 is 0 Å². The highest BCUT2D eigenvalue weighted by atomic mass is 35.5. The maximum absolute atomic E-state index is 11.9. The van der Waals surface area contributed by atoms with Gasteiger partial charge in [0.15, 0.2) is 0 Å². The lowest BCUT2D eigenvalue weighted by Crippen LogP contribution is -2.31. The first-order valence-corrected chi connectivity index (χ1v) is 6.40. The molecule has 1 unspecified atom stereocenters. The van der Waals surface area contributed by atoms with E-state index in [4.69, 9.17) is 16.3 Å². The number of benzene rings is 1. The Hall–Kier alpha value is -1.26. The second-order valence-electron chi connectivity index (χ2n) is 4.33. The van der Waals surface area contributed by atoms with Gasteiger partial charge in [0.05, 0.1) is 13.0 Å². The third-order valence-electron chi connectivity index (χ3n) is 3.17. The van der Waals surface area contributed by atoms with Crippen LogP contribution in [0.15, 0.2) is 18.2 Å². The van der Waals surface area contributed by atoms with Gasteiger partial charge in [0.1, 0.15) is 5.75 Å². The third-order valence-corrected chi connectivity index (χ3v) is 3.52. The van der Waals surface area contributed by atoms with Crippen LogP contribution in [0.5, 0.6) is 5.75 Å². The van der Waals surface area contributed by atoms with Gasteiger partial charge >= 0.3 is 0 Å². The van der Waals surface area contributed by atoms with E-state index in [2.05, 4.69) is 10.6 Å². The first-order valence-electron chi connectivity index (χ1n) is 6.02. The lowest BCUT2D eigenvalue weighted by Gasteiger charge is -2.13. The van der Waals surface area contributed by atoms with Gasteiger partial charge in [-0.3, -0.25) is 4.79 Å². The zero-order chi connectivity index (χ0) is 13.0. The average molecular weight is 269 g/mol. The van der Waals surface area contributed by atoms with Gasteiger partial charge in [0, 0.05) is 23.7 Å². The van der Waals surface area contributed by atoms with Crippen molar-refractivity contribution in [3.63, 3.8) is 0 Å². The van der Waals surface area contributed by atoms with E-state index in [1.54, 1.807) is 13.2 Å². The van der Waals surface area contributed by atoms with Gasteiger partial charge in [0.2, 0.25) is 5.91 Å². The van der Waals surface area contributed by atoms with Gasteiger partial charge in [-0.25, -0.2) is 0 Å². The molecule has 2 N–H and O–H groups in total. The molecule has 98 valence electrons. The molecule has 1 aromatic carbocycles. The second kappa shape index (κ2) is 6.07. The molecule has 1 fully saturated rings. The van der Waals surface area contributed by atoms with Crippen LogP contribution in [0.4, 0.5) is 0 Å². The molecule has 0 spiro atoms. The number of halogens is 1. The molecule has 2 rings (SSSR count). The molecule has 0 saturated carbocycles. The molecule has 4 nitrogen and oxygen atoms in total. The summed E-state index contributed by atoms with van der Waals surface area (Å²) < 4.78 is 5.24. The van der Waals surface area contributed by atoms with E-state index in [1.165, 1.54) is 0 Å². The predicted molar refractivity (Wildman–Crippen MR) is 70.8 cm³/mol. The first-order chi connectivity index (χ1) is 8.72. The summed E-state index contributed by atoms with van der Waals surface area (Å²) in [5.74, 6) is 0.841. The number of nitrogens with one attached hydrogen (secondary N) is 2. The summed E-state index contributed by atoms with van der Waals surface area (Å²) >= 11 is 6.11. The monoisotopic (exact) mass is 268 g/mol. The highest BCUT2D eigenvalue weighted by molar-refractivity contribution is 6.31. The van der Waals surface area contributed by atoms with Gasteiger partial charge < -0.3 is 15.4 Å². The zero-order valence-corrected chi connectivity index (χ0v) is 11.1. The van der Waals surface area contributed by atoms with Gasteiger partial charge in [-0.1, -0.05) is 17.7 Å². The molecule has 1 aliphatic heterocycles. The van der Waals surface area contributed by atoms with Crippen LogP contribution in [0, 0.1) is 5.92 Å². The Morgan fingerprint density at radius 2 is 2.44 bits per heavy atom. The lowest BCUT2D eigenvalue weighted by atomic mass is 10.1. The minimum Gasteiger partial charge on any atom is -0.496 e. The van der Waals surface area contributed by atoms with Crippen molar-refractivity contribution in [2.45, 2.75) is 13.0 Å². The normalized spacial score (nSPS) is 18.7. The molecule has 1 amide bonds. The molecule has 5 heteroatoms. The van der Waals surface area contributed by atoms with E-state index in [9.17, 15) is 4.79 Å². The molecule has 0 radical (unpaired) electrons. The smallest absolute Gasteiger partial charge is 0.224 e. The summed E-state index contributed by atoms with van der Waals surface area (Å²) in [5.41, 5.74) is 0.820. The predicted octanol–water partition coefficient (Wildman–Crippen LogP) is 1.57. The fourth-order valence-corrected chi connectivity index (χ4v) is 2.33. The topological polar surface area (TPSA) is 50.4 Å². The van der Waals surface area contributed by atoms with Gasteiger partial charge in [-0.2, -0.15) is 0 Å².